The zero-order chi connectivity index (χ0) is 17.4. The second-order valence-corrected chi connectivity index (χ2v) is 9.16. The molecule has 1 aromatic rings. The molecule has 0 aliphatic carbocycles. The average molecular weight is 395 g/mol. The summed E-state index contributed by atoms with van der Waals surface area (Å²) in [6.07, 6.45) is 2.00. The largest absolute Gasteiger partial charge is 0.444 e. The molecule has 2 aliphatic heterocycles. The predicted molar refractivity (Wildman–Crippen MR) is 98.9 cm³/mol. The molecule has 0 unspecified atom stereocenters. The minimum atomic E-state index is -0.413. The maximum Gasteiger partial charge on any atom is 0.410 e. The van der Waals surface area contributed by atoms with Gasteiger partial charge in [-0.2, -0.15) is 0 Å². The van der Waals surface area contributed by atoms with Crippen LogP contribution < -0.4 is 0 Å². The van der Waals surface area contributed by atoms with Crippen molar-refractivity contribution in [1.29, 1.82) is 0 Å². The maximum absolute atomic E-state index is 12.2. The van der Waals surface area contributed by atoms with E-state index in [1.807, 2.05) is 25.7 Å². The zero-order valence-corrected chi connectivity index (χ0v) is 16.4. The summed E-state index contributed by atoms with van der Waals surface area (Å²) in [5.74, 6) is 0. The van der Waals surface area contributed by atoms with Crippen LogP contribution in [0.3, 0.4) is 0 Å². The van der Waals surface area contributed by atoms with Gasteiger partial charge in [-0.15, -0.1) is 0 Å². The van der Waals surface area contributed by atoms with Crippen LogP contribution in [0.25, 0.3) is 0 Å². The molecule has 1 spiro atoms. The first-order chi connectivity index (χ1) is 11.2. The van der Waals surface area contributed by atoms with Gasteiger partial charge in [0.2, 0.25) is 0 Å². The molecule has 2 saturated heterocycles. The van der Waals surface area contributed by atoms with Crippen LogP contribution in [-0.2, 0) is 11.3 Å². The van der Waals surface area contributed by atoms with E-state index in [2.05, 4.69) is 45.1 Å². The first-order valence-electron chi connectivity index (χ1n) is 8.70. The molecule has 0 atom stereocenters. The van der Waals surface area contributed by atoms with Crippen LogP contribution in [0.15, 0.2) is 28.7 Å². The molecule has 3 rings (SSSR count). The van der Waals surface area contributed by atoms with Gasteiger partial charge in [-0.3, -0.25) is 4.90 Å². The maximum atomic E-state index is 12.2. The normalized spacial score (nSPS) is 20.8. The van der Waals surface area contributed by atoms with Crippen molar-refractivity contribution in [3.63, 3.8) is 0 Å². The number of amides is 1. The summed E-state index contributed by atoms with van der Waals surface area (Å²) >= 11 is 3.54. The van der Waals surface area contributed by atoms with E-state index in [-0.39, 0.29) is 6.09 Å². The Morgan fingerprint density at radius 1 is 1.25 bits per heavy atom. The van der Waals surface area contributed by atoms with E-state index in [1.165, 1.54) is 5.56 Å². The lowest BCUT2D eigenvalue weighted by Crippen LogP contribution is -2.60. The molecular formula is C19H27BrN2O2. The molecule has 2 heterocycles. The molecule has 0 radical (unpaired) electrons. The van der Waals surface area contributed by atoms with Gasteiger partial charge >= 0.3 is 6.09 Å². The lowest BCUT2D eigenvalue weighted by molar-refractivity contribution is -0.0550. The zero-order valence-electron chi connectivity index (χ0n) is 14.8. The molecule has 4 nitrogen and oxygen atoms in total. The van der Waals surface area contributed by atoms with Gasteiger partial charge in [0.1, 0.15) is 5.60 Å². The number of hydrogen-bond acceptors (Lipinski definition) is 3. The second-order valence-electron chi connectivity index (χ2n) is 8.24. The van der Waals surface area contributed by atoms with Crippen molar-refractivity contribution < 1.29 is 9.53 Å². The van der Waals surface area contributed by atoms with Crippen molar-refractivity contribution >= 4 is 22.0 Å². The van der Waals surface area contributed by atoms with Crippen LogP contribution in [0.1, 0.15) is 39.2 Å². The molecule has 0 aromatic heterocycles. The number of hydrogen-bond donors (Lipinski definition) is 0. The summed E-state index contributed by atoms with van der Waals surface area (Å²) in [6.45, 7) is 10.7. The number of rotatable bonds is 2. The van der Waals surface area contributed by atoms with Crippen LogP contribution in [0.5, 0.6) is 0 Å². The molecule has 0 bridgehead atoms. The number of carbonyl (C=O) groups excluding carboxylic acids is 1. The SMILES string of the molecule is CC(C)(C)OC(=O)N1CCC2(CC1)CN(Cc1cccc(Br)c1)C2. The fourth-order valence-electron chi connectivity index (χ4n) is 3.71. The van der Waals surface area contributed by atoms with E-state index in [4.69, 9.17) is 4.74 Å². The highest BCUT2D eigenvalue weighted by Crippen LogP contribution is 2.41. The van der Waals surface area contributed by atoms with Gasteiger partial charge in [0.25, 0.3) is 0 Å². The lowest BCUT2D eigenvalue weighted by atomic mass is 9.72. The van der Waals surface area contributed by atoms with Crippen LogP contribution in [0.2, 0.25) is 0 Å². The summed E-state index contributed by atoms with van der Waals surface area (Å²) in [6, 6.07) is 8.53. The number of ether oxygens (including phenoxy) is 1. The van der Waals surface area contributed by atoms with Gasteiger partial charge < -0.3 is 9.64 Å². The van der Waals surface area contributed by atoms with Gasteiger partial charge in [0, 0.05) is 37.2 Å². The molecular weight excluding hydrogens is 368 g/mol. The first-order valence-corrected chi connectivity index (χ1v) is 9.49. The van der Waals surface area contributed by atoms with Crippen molar-refractivity contribution in [1.82, 2.24) is 9.80 Å². The van der Waals surface area contributed by atoms with Crippen molar-refractivity contribution in [3.05, 3.63) is 34.3 Å². The monoisotopic (exact) mass is 394 g/mol. The van der Waals surface area contributed by atoms with E-state index in [0.29, 0.717) is 5.41 Å². The molecule has 1 amide bonds. The van der Waals surface area contributed by atoms with Crippen LogP contribution in [-0.4, -0.2) is 47.7 Å². The minimum Gasteiger partial charge on any atom is -0.444 e. The fourth-order valence-corrected chi connectivity index (χ4v) is 4.16. The lowest BCUT2D eigenvalue weighted by Gasteiger charge is -2.54. The molecule has 0 saturated carbocycles. The number of nitrogens with zero attached hydrogens (tertiary/aromatic N) is 2. The summed E-state index contributed by atoms with van der Waals surface area (Å²) in [7, 11) is 0. The molecule has 132 valence electrons. The van der Waals surface area contributed by atoms with Crippen molar-refractivity contribution in [3.8, 4) is 0 Å². The third-order valence-corrected chi connectivity index (χ3v) is 5.38. The van der Waals surface area contributed by atoms with Crippen molar-refractivity contribution in [2.24, 2.45) is 5.41 Å². The standard InChI is InChI=1S/C19H27BrN2O2/c1-18(2,3)24-17(23)22-9-7-19(8-10-22)13-21(14-19)12-15-5-4-6-16(20)11-15/h4-6,11H,7-10,12-14H2,1-3H3. The van der Waals surface area contributed by atoms with Crippen molar-refractivity contribution in [2.45, 2.75) is 45.8 Å². The molecule has 1 aromatic carbocycles. The van der Waals surface area contributed by atoms with Crippen LogP contribution >= 0.6 is 15.9 Å². The van der Waals surface area contributed by atoms with Crippen molar-refractivity contribution in [2.75, 3.05) is 26.2 Å². The van der Waals surface area contributed by atoms with Crippen LogP contribution in [0, 0.1) is 5.41 Å². The quantitative estimate of drug-likeness (QED) is 0.749. The Kier molecular flexibility index (Phi) is 4.94. The molecule has 5 heteroatoms. The number of carbonyl (C=O) groups is 1. The summed E-state index contributed by atoms with van der Waals surface area (Å²) in [5, 5.41) is 0. The van der Waals surface area contributed by atoms with E-state index >= 15 is 0 Å². The van der Waals surface area contributed by atoms with Gasteiger partial charge in [-0.25, -0.2) is 4.79 Å². The molecule has 2 fully saturated rings. The highest BCUT2D eigenvalue weighted by atomic mass is 79.9. The Hall–Kier alpha value is -1.07. The minimum absolute atomic E-state index is 0.164. The average Bonchev–Trinajstić information content (AvgIpc) is 2.44. The Morgan fingerprint density at radius 2 is 1.92 bits per heavy atom. The smallest absolute Gasteiger partial charge is 0.410 e. The van der Waals surface area contributed by atoms with E-state index in [9.17, 15) is 4.79 Å². The molecule has 2 aliphatic rings. The van der Waals surface area contributed by atoms with E-state index in [1.54, 1.807) is 0 Å². The topological polar surface area (TPSA) is 32.8 Å². The Labute approximate surface area is 153 Å². The number of benzene rings is 1. The highest BCUT2D eigenvalue weighted by Gasteiger charge is 2.45. The third-order valence-electron chi connectivity index (χ3n) is 4.89. The van der Waals surface area contributed by atoms with Gasteiger partial charge in [0.05, 0.1) is 0 Å². The third kappa shape index (κ3) is 4.31. The summed E-state index contributed by atoms with van der Waals surface area (Å²) in [5.41, 5.74) is 1.35. The van der Waals surface area contributed by atoms with Gasteiger partial charge in [0.15, 0.2) is 0 Å². The summed E-state index contributed by atoms with van der Waals surface area (Å²) < 4.78 is 6.62. The fraction of sp³-hybridized carbons (Fsp3) is 0.632. The molecule has 0 N–H and O–H groups in total. The number of piperidine rings is 1. The molecule has 24 heavy (non-hydrogen) atoms. The Balaban J connectivity index is 1.46. The van der Waals surface area contributed by atoms with Gasteiger partial charge in [-0.05, 0) is 56.7 Å². The highest BCUT2D eigenvalue weighted by molar-refractivity contribution is 9.10. The summed E-state index contributed by atoms with van der Waals surface area (Å²) in [4.78, 5) is 16.5. The number of halogens is 1. The second kappa shape index (κ2) is 6.68. The van der Waals surface area contributed by atoms with E-state index in [0.717, 1.165) is 50.0 Å². The predicted octanol–water partition coefficient (Wildman–Crippen LogP) is 4.28. The van der Waals surface area contributed by atoms with Crippen LogP contribution in [0.4, 0.5) is 4.79 Å². The Morgan fingerprint density at radius 3 is 2.50 bits per heavy atom. The van der Waals surface area contributed by atoms with E-state index < -0.39 is 5.60 Å². The Bertz CT molecular complexity index is 596. The first kappa shape index (κ1) is 17.7. The number of likely N-dealkylation sites (tertiary alicyclic amines) is 2. The van der Waals surface area contributed by atoms with Gasteiger partial charge in [-0.1, -0.05) is 28.1 Å².